The van der Waals surface area contributed by atoms with Crippen LogP contribution in [0.3, 0.4) is 0 Å². The third-order valence-electron chi connectivity index (χ3n) is 13.3. The highest BCUT2D eigenvalue weighted by Gasteiger charge is 2.34. The third kappa shape index (κ3) is 12.2. The summed E-state index contributed by atoms with van der Waals surface area (Å²) in [5, 5.41) is 6.76. The van der Waals surface area contributed by atoms with E-state index < -0.39 is 6.03 Å². The molecular weight excluding hydrogens is 1130 g/mol. The van der Waals surface area contributed by atoms with Gasteiger partial charge in [-0.25, -0.2) is 16.7 Å². The molecule has 2 aliphatic rings. The van der Waals surface area contributed by atoms with Crippen LogP contribution < -0.4 is 33.1 Å². The predicted molar refractivity (Wildman–Crippen MR) is 328 cm³/mol. The molecule has 15 nitrogen and oxygen atoms in total. The van der Waals surface area contributed by atoms with Crippen LogP contribution in [0.1, 0.15) is 18.4 Å². The number of nitrogens with one attached hydrogen (secondary N) is 1. The molecule has 1 saturated carbocycles. The first-order valence-corrected chi connectivity index (χ1v) is 29.8. The lowest BCUT2D eigenvalue weighted by molar-refractivity contribution is -0.134. The number of hydrogen-bond acceptors (Lipinski definition) is 13. The molecule has 1 aliphatic heterocycles. The number of fused-ring (bicyclic) bond motifs is 5. The largest absolute Gasteiger partial charge is 0.342 e. The number of para-hydroxylation sites is 1. The maximum absolute atomic E-state index is 12.4. The number of amides is 2. The second kappa shape index (κ2) is 24.3. The summed E-state index contributed by atoms with van der Waals surface area (Å²) in [6.07, 6.45) is 2.11. The first-order valence-electron chi connectivity index (χ1n) is 25.5. The molecule has 0 unspecified atom stereocenters. The number of aromatic nitrogens is 5. The molecule has 0 spiro atoms. The second-order valence-corrected chi connectivity index (χ2v) is 24.5. The molecule has 2 fully saturated rings. The molecule has 5 aromatic heterocycles. The molecule has 21 heteroatoms. The van der Waals surface area contributed by atoms with Gasteiger partial charge in [0, 0.05) is 42.8 Å². The van der Waals surface area contributed by atoms with E-state index in [0.29, 0.717) is 51.4 Å². The Labute approximate surface area is 481 Å². The van der Waals surface area contributed by atoms with Crippen LogP contribution in [-0.4, -0.2) is 67.7 Å². The summed E-state index contributed by atoms with van der Waals surface area (Å²) >= 11 is 12.9. The van der Waals surface area contributed by atoms with Gasteiger partial charge in [0.2, 0.25) is 5.91 Å². The molecule has 1 aliphatic carbocycles. The minimum atomic E-state index is -0.433. The van der Waals surface area contributed by atoms with Crippen molar-refractivity contribution in [2.24, 2.45) is 5.92 Å². The molecule has 0 atom stereocenters. The number of benzene rings is 7. The van der Waals surface area contributed by atoms with Crippen molar-refractivity contribution >= 4 is 137 Å². The van der Waals surface area contributed by atoms with Crippen molar-refractivity contribution in [2.75, 3.05) is 31.5 Å². The van der Waals surface area contributed by atoms with Crippen molar-refractivity contribution in [3.63, 3.8) is 0 Å². The van der Waals surface area contributed by atoms with Crippen LogP contribution in [0.25, 0.3) is 50.4 Å². The lowest BCUT2D eigenvalue weighted by Gasteiger charge is -2.34. The van der Waals surface area contributed by atoms with E-state index in [4.69, 9.17) is 11.6 Å². The summed E-state index contributed by atoms with van der Waals surface area (Å²) in [5.41, 5.74) is 1.57. The molecule has 80 heavy (non-hydrogen) atoms. The van der Waals surface area contributed by atoms with E-state index in [2.05, 4.69) is 10.2 Å². The number of piperazine rings is 1. The van der Waals surface area contributed by atoms with E-state index >= 15 is 0 Å². The average Bonchev–Trinajstić information content (AvgIpc) is 3.88. The number of hydrogen-bond donors (Lipinski definition) is 1. The number of carbonyl (C=O) groups is 2. The molecule has 12 aromatic rings. The van der Waals surface area contributed by atoms with Gasteiger partial charge in [0.25, 0.3) is 27.8 Å². The highest BCUT2D eigenvalue weighted by atomic mass is 35.5. The lowest BCUT2D eigenvalue weighted by atomic mass is 10.2. The first kappa shape index (κ1) is 54.2. The van der Waals surface area contributed by atoms with Gasteiger partial charge in [0.1, 0.15) is 6.67 Å². The van der Waals surface area contributed by atoms with Gasteiger partial charge in [0.15, 0.2) is 0 Å². The third-order valence-corrected chi connectivity index (χ3v) is 18.9. The van der Waals surface area contributed by atoms with Crippen molar-refractivity contribution in [3.05, 3.63) is 238 Å². The van der Waals surface area contributed by atoms with Crippen molar-refractivity contribution < 1.29 is 9.59 Å². The molecule has 0 radical (unpaired) electrons. The Hall–Kier alpha value is -7.82. The Kier molecular flexibility index (Phi) is 16.4. The van der Waals surface area contributed by atoms with Gasteiger partial charge in [-0.1, -0.05) is 155 Å². The minimum absolute atomic E-state index is 0.0176. The SMILES string of the molecule is O=C(C1CC1)N1CCN(Cn2sc3ccc(Cl)cc3c2=O)CC1.O=C(Nc1ccccc1)n1sc2ccccc2c1=O.O=c1c2ccccc2sn1Cc1ccccc1.O=c1c2ccccc2sn1Cn1sc2ccccc2c1=O. The Balaban J connectivity index is 0.000000113. The summed E-state index contributed by atoms with van der Waals surface area (Å²) in [6.45, 7) is 4.68. The van der Waals surface area contributed by atoms with Gasteiger partial charge in [-0.05, 0) is 109 Å². The number of rotatable bonds is 8. The van der Waals surface area contributed by atoms with Crippen molar-refractivity contribution in [1.82, 2.24) is 29.6 Å². The molecule has 0 bridgehead atoms. The van der Waals surface area contributed by atoms with Crippen LogP contribution in [0, 0.1) is 5.92 Å². The molecular formula is C59H49ClN8O7S5. The maximum Gasteiger partial charge on any atom is 0.342 e. The summed E-state index contributed by atoms with van der Waals surface area (Å²) in [5.74, 6) is 0.606. The van der Waals surface area contributed by atoms with Gasteiger partial charge < -0.3 is 10.2 Å². The molecule has 7 aromatic carbocycles. The molecule has 14 rings (SSSR count). The second-order valence-electron chi connectivity index (χ2n) is 18.9. The zero-order chi connectivity index (χ0) is 55.3. The van der Waals surface area contributed by atoms with Gasteiger partial charge in [0.05, 0.1) is 63.6 Å². The van der Waals surface area contributed by atoms with Gasteiger partial charge in [-0.3, -0.25) is 37.6 Å². The highest BCUT2D eigenvalue weighted by Crippen LogP contribution is 2.31. The molecule has 2 amide bonds. The highest BCUT2D eigenvalue weighted by molar-refractivity contribution is 7.15. The van der Waals surface area contributed by atoms with Crippen molar-refractivity contribution in [2.45, 2.75) is 32.7 Å². The van der Waals surface area contributed by atoms with Crippen LogP contribution in [0.4, 0.5) is 10.5 Å². The Morgan fingerprint density at radius 3 is 1.39 bits per heavy atom. The lowest BCUT2D eigenvalue weighted by Crippen LogP contribution is -2.49. The smallest absolute Gasteiger partial charge is 0.340 e. The fourth-order valence-corrected chi connectivity index (χ4v) is 14.2. The molecule has 6 heterocycles. The Morgan fingerprint density at radius 2 is 0.875 bits per heavy atom. The van der Waals surface area contributed by atoms with E-state index in [1.54, 1.807) is 46.2 Å². The Morgan fingerprint density at radius 1 is 0.450 bits per heavy atom. The van der Waals surface area contributed by atoms with Crippen LogP contribution in [-0.2, 0) is 24.7 Å². The first-order chi connectivity index (χ1) is 38.9. The molecule has 1 saturated heterocycles. The topological polar surface area (TPSA) is 163 Å². The van der Waals surface area contributed by atoms with Crippen LogP contribution >= 0.6 is 69.3 Å². The van der Waals surface area contributed by atoms with Gasteiger partial charge in [-0.15, -0.1) is 0 Å². The van der Waals surface area contributed by atoms with Crippen LogP contribution in [0.2, 0.25) is 5.02 Å². The predicted octanol–water partition coefficient (Wildman–Crippen LogP) is 11.4. The fourth-order valence-electron chi connectivity index (χ4n) is 9.03. The number of halogens is 1. The molecule has 404 valence electrons. The standard InChI is InChI=1S/C16H18ClN3O2S.C15H10N2O2S2.C14H10N2O2S.C14H11NOS/c17-12-3-4-14-13(9-12)16(22)20(23-14)10-18-5-7-19(8-6-18)15(21)11-1-2-11;18-14-10-5-1-3-7-12(10)20-16(14)9-17-15(19)11-6-2-4-8-13(11)21-17;17-13-11-8-4-5-9-12(11)19-16(13)14(18)15-10-6-2-1-3-7-10;16-14-12-8-4-5-9-13(12)17-15(14)10-11-6-2-1-3-7-11/h3-4,9,11H,1-2,5-8,10H2;1-8H,9H2;1-9H,(H,15,18);1-9H,10H2. The van der Waals surface area contributed by atoms with Crippen molar-refractivity contribution in [1.29, 1.82) is 0 Å². The normalized spacial score (nSPS) is 13.4. The zero-order valence-electron chi connectivity index (χ0n) is 42.6. The summed E-state index contributed by atoms with van der Waals surface area (Å²) in [4.78, 5) is 89.6. The van der Waals surface area contributed by atoms with E-state index in [1.165, 1.54) is 46.1 Å². The number of carbonyl (C=O) groups excluding carboxylic acids is 2. The van der Waals surface area contributed by atoms with E-state index in [9.17, 15) is 33.6 Å². The molecule has 1 N–H and O–H groups in total. The van der Waals surface area contributed by atoms with Gasteiger partial charge in [-0.2, -0.15) is 3.96 Å². The zero-order valence-corrected chi connectivity index (χ0v) is 47.4. The summed E-state index contributed by atoms with van der Waals surface area (Å²) in [7, 11) is 0. The average molecular weight is 1180 g/mol. The quantitative estimate of drug-likeness (QED) is 0.157. The maximum atomic E-state index is 12.4. The minimum Gasteiger partial charge on any atom is -0.340 e. The Bertz CT molecular complexity index is 4410. The fraction of sp³-hybridized carbons (Fsp3) is 0.169. The summed E-state index contributed by atoms with van der Waals surface area (Å²) < 4.78 is 12.7. The number of anilines is 1. The van der Waals surface area contributed by atoms with Crippen LogP contribution in [0.15, 0.2) is 200 Å². The van der Waals surface area contributed by atoms with Crippen LogP contribution in [0.5, 0.6) is 0 Å². The monoisotopic (exact) mass is 1180 g/mol. The summed E-state index contributed by atoms with van der Waals surface area (Å²) in [6, 6.07) is 54.0. The van der Waals surface area contributed by atoms with E-state index in [-0.39, 0.29) is 40.4 Å². The van der Waals surface area contributed by atoms with E-state index in [1.807, 2.05) is 150 Å². The number of nitrogens with zero attached hydrogens (tertiary/aromatic N) is 7. The van der Waals surface area contributed by atoms with E-state index in [0.717, 1.165) is 89.0 Å². The van der Waals surface area contributed by atoms with Gasteiger partial charge >= 0.3 is 6.03 Å². The van der Waals surface area contributed by atoms with Crippen molar-refractivity contribution in [3.8, 4) is 0 Å².